The number of ether oxygens (including phenoxy) is 2. The van der Waals surface area contributed by atoms with Crippen molar-refractivity contribution < 1.29 is 24.2 Å². The molecule has 0 bridgehead atoms. The van der Waals surface area contributed by atoms with E-state index >= 15 is 0 Å². The molecule has 0 spiro atoms. The van der Waals surface area contributed by atoms with Gasteiger partial charge in [-0.3, -0.25) is 14.6 Å². The van der Waals surface area contributed by atoms with Crippen molar-refractivity contribution in [3.05, 3.63) is 29.8 Å². The van der Waals surface area contributed by atoms with E-state index in [-0.39, 0.29) is 24.9 Å². The standard InChI is InChI=1S/C16H21NO5/c1-12(18)21-9-8-16(3,11-22-13(2)19)17-10-14-6-4-5-7-15(14)20/h4-7,10,20H,8-9,11H2,1-3H3. The lowest BCUT2D eigenvalue weighted by Crippen LogP contribution is -2.32. The number of nitrogens with zero attached hydrogens (tertiary/aromatic N) is 1. The predicted molar refractivity (Wildman–Crippen MR) is 82.0 cm³/mol. The van der Waals surface area contributed by atoms with E-state index < -0.39 is 11.5 Å². The Kier molecular flexibility index (Phi) is 6.56. The number of benzene rings is 1. The first-order valence-electron chi connectivity index (χ1n) is 6.92. The summed E-state index contributed by atoms with van der Waals surface area (Å²) in [7, 11) is 0. The third-order valence-electron chi connectivity index (χ3n) is 2.98. The van der Waals surface area contributed by atoms with E-state index in [0.29, 0.717) is 12.0 Å². The van der Waals surface area contributed by atoms with Crippen LogP contribution >= 0.6 is 0 Å². The van der Waals surface area contributed by atoms with Gasteiger partial charge in [-0.1, -0.05) is 12.1 Å². The molecule has 0 heterocycles. The summed E-state index contributed by atoms with van der Waals surface area (Å²) in [6, 6.07) is 6.77. The summed E-state index contributed by atoms with van der Waals surface area (Å²) in [4.78, 5) is 26.2. The van der Waals surface area contributed by atoms with Crippen LogP contribution in [-0.4, -0.2) is 42.0 Å². The number of carbonyl (C=O) groups is 2. The van der Waals surface area contributed by atoms with Crippen LogP contribution in [0.5, 0.6) is 5.75 Å². The van der Waals surface area contributed by atoms with Crippen LogP contribution in [0.4, 0.5) is 0 Å². The maximum absolute atomic E-state index is 11.0. The average molecular weight is 307 g/mol. The van der Waals surface area contributed by atoms with Crippen molar-refractivity contribution in [2.45, 2.75) is 32.7 Å². The molecule has 0 aromatic heterocycles. The Morgan fingerprint density at radius 2 is 1.86 bits per heavy atom. The maximum atomic E-state index is 11.0. The van der Waals surface area contributed by atoms with Gasteiger partial charge in [-0.05, 0) is 19.1 Å². The second kappa shape index (κ2) is 8.17. The Bertz CT molecular complexity index is 555. The summed E-state index contributed by atoms with van der Waals surface area (Å²) in [5, 5.41) is 9.73. The van der Waals surface area contributed by atoms with Gasteiger partial charge in [-0.25, -0.2) is 0 Å². The molecule has 1 rings (SSSR count). The molecule has 0 aliphatic carbocycles. The molecular weight excluding hydrogens is 286 g/mol. The summed E-state index contributed by atoms with van der Waals surface area (Å²) >= 11 is 0. The molecule has 0 aliphatic rings. The Hall–Kier alpha value is -2.37. The topological polar surface area (TPSA) is 85.2 Å². The van der Waals surface area contributed by atoms with Crippen LogP contribution in [0, 0.1) is 0 Å². The second-order valence-corrected chi connectivity index (χ2v) is 5.18. The first-order chi connectivity index (χ1) is 10.3. The minimum atomic E-state index is -0.747. The molecule has 1 atom stereocenters. The predicted octanol–water partition coefficient (Wildman–Crippen LogP) is 2.09. The molecule has 0 amide bonds. The molecular formula is C16H21NO5. The van der Waals surface area contributed by atoms with E-state index in [1.54, 1.807) is 31.2 Å². The summed E-state index contributed by atoms with van der Waals surface area (Å²) in [6.07, 6.45) is 1.91. The third-order valence-corrected chi connectivity index (χ3v) is 2.98. The maximum Gasteiger partial charge on any atom is 0.302 e. The summed E-state index contributed by atoms with van der Waals surface area (Å²) < 4.78 is 9.95. The minimum absolute atomic E-state index is 0.0632. The fraction of sp³-hybridized carbons (Fsp3) is 0.438. The second-order valence-electron chi connectivity index (χ2n) is 5.18. The van der Waals surface area contributed by atoms with Crippen molar-refractivity contribution in [3.63, 3.8) is 0 Å². The van der Waals surface area contributed by atoms with Crippen molar-refractivity contribution in [1.82, 2.24) is 0 Å². The molecule has 0 aliphatic heterocycles. The Morgan fingerprint density at radius 3 is 2.45 bits per heavy atom. The number of para-hydroxylation sites is 1. The highest BCUT2D eigenvalue weighted by Crippen LogP contribution is 2.19. The van der Waals surface area contributed by atoms with E-state index in [9.17, 15) is 14.7 Å². The molecule has 1 aromatic carbocycles. The van der Waals surface area contributed by atoms with Gasteiger partial charge in [-0.2, -0.15) is 0 Å². The van der Waals surface area contributed by atoms with Crippen molar-refractivity contribution in [3.8, 4) is 5.75 Å². The Balaban J connectivity index is 2.81. The molecule has 1 aromatic rings. The van der Waals surface area contributed by atoms with Gasteiger partial charge in [-0.15, -0.1) is 0 Å². The van der Waals surface area contributed by atoms with Gasteiger partial charge in [0.2, 0.25) is 0 Å². The Labute approximate surface area is 129 Å². The quantitative estimate of drug-likeness (QED) is 0.616. The van der Waals surface area contributed by atoms with Crippen LogP contribution in [0.25, 0.3) is 0 Å². The zero-order chi connectivity index (χ0) is 16.6. The van der Waals surface area contributed by atoms with E-state index in [2.05, 4.69) is 4.99 Å². The number of phenols is 1. The van der Waals surface area contributed by atoms with Crippen LogP contribution in [-0.2, 0) is 19.1 Å². The average Bonchev–Trinajstić information content (AvgIpc) is 2.44. The molecule has 6 nitrogen and oxygen atoms in total. The smallest absolute Gasteiger partial charge is 0.302 e. The highest BCUT2D eigenvalue weighted by Gasteiger charge is 2.25. The first kappa shape index (κ1) is 17.7. The Morgan fingerprint density at radius 1 is 1.23 bits per heavy atom. The molecule has 0 fully saturated rings. The highest BCUT2D eigenvalue weighted by atomic mass is 16.5. The van der Waals surface area contributed by atoms with Gasteiger partial charge < -0.3 is 14.6 Å². The lowest BCUT2D eigenvalue weighted by molar-refractivity contribution is -0.145. The van der Waals surface area contributed by atoms with Gasteiger partial charge in [0, 0.05) is 32.0 Å². The van der Waals surface area contributed by atoms with Crippen LogP contribution < -0.4 is 0 Å². The lowest BCUT2D eigenvalue weighted by atomic mass is 10.0. The van der Waals surface area contributed by atoms with Gasteiger partial charge in [0.1, 0.15) is 12.4 Å². The fourth-order valence-corrected chi connectivity index (χ4v) is 1.67. The number of hydrogen-bond acceptors (Lipinski definition) is 6. The summed E-state index contributed by atoms with van der Waals surface area (Å²) in [6.45, 7) is 4.67. The first-order valence-corrected chi connectivity index (χ1v) is 6.92. The van der Waals surface area contributed by atoms with Crippen molar-refractivity contribution in [1.29, 1.82) is 0 Å². The monoisotopic (exact) mass is 307 g/mol. The number of carbonyl (C=O) groups excluding carboxylic acids is 2. The van der Waals surface area contributed by atoms with E-state index in [1.807, 2.05) is 0 Å². The van der Waals surface area contributed by atoms with Gasteiger partial charge in [0.05, 0.1) is 12.1 Å². The van der Waals surface area contributed by atoms with Gasteiger partial charge in [0.25, 0.3) is 0 Å². The highest BCUT2D eigenvalue weighted by molar-refractivity contribution is 5.83. The largest absolute Gasteiger partial charge is 0.507 e. The number of phenolic OH excluding ortho intramolecular Hbond substituents is 1. The van der Waals surface area contributed by atoms with Gasteiger partial charge in [0.15, 0.2) is 0 Å². The molecule has 6 heteroatoms. The normalized spacial score (nSPS) is 13.6. The van der Waals surface area contributed by atoms with E-state index in [0.717, 1.165) is 0 Å². The van der Waals surface area contributed by atoms with Crippen LogP contribution in [0.15, 0.2) is 29.3 Å². The number of hydrogen-bond donors (Lipinski definition) is 1. The molecule has 0 saturated carbocycles. The molecule has 22 heavy (non-hydrogen) atoms. The zero-order valence-electron chi connectivity index (χ0n) is 13.0. The zero-order valence-corrected chi connectivity index (χ0v) is 13.0. The number of esters is 2. The van der Waals surface area contributed by atoms with Crippen LogP contribution in [0.3, 0.4) is 0 Å². The van der Waals surface area contributed by atoms with Gasteiger partial charge >= 0.3 is 11.9 Å². The lowest BCUT2D eigenvalue weighted by Gasteiger charge is -2.24. The number of rotatable bonds is 7. The summed E-state index contributed by atoms with van der Waals surface area (Å²) in [5.41, 5.74) is -0.187. The van der Waals surface area contributed by atoms with Crippen LogP contribution in [0.1, 0.15) is 32.8 Å². The molecule has 1 N–H and O–H groups in total. The summed E-state index contributed by atoms with van der Waals surface area (Å²) in [5.74, 6) is -0.669. The molecule has 120 valence electrons. The van der Waals surface area contributed by atoms with Crippen molar-refractivity contribution >= 4 is 18.2 Å². The van der Waals surface area contributed by atoms with E-state index in [4.69, 9.17) is 9.47 Å². The number of aromatic hydroxyl groups is 1. The molecule has 0 saturated heterocycles. The third kappa shape index (κ3) is 6.39. The fourth-order valence-electron chi connectivity index (χ4n) is 1.67. The van der Waals surface area contributed by atoms with Crippen molar-refractivity contribution in [2.75, 3.05) is 13.2 Å². The minimum Gasteiger partial charge on any atom is -0.507 e. The van der Waals surface area contributed by atoms with Crippen LogP contribution in [0.2, 0.25) is 0 Å². The molecule has 0 radical (unpaired) electrons. The number of aliphatic imine (C=N–C) groups is 1. The van der Waals surface area contributed by atoms with E-state index in [1.165, 1.54) is 20.1 Å². The molecule has 1 unspecified atom stereocenters. The SMILES string of the molecule is CC(=O)OCCC(C)(COC(C)=O)N=Cc1ccccc1O. The van der Waals surface area contributed by atoms with Crippen molar-refractivity contribution in [2.24, 2.45) is 4.99 Å².